The van der Waals surface area contributed by atoms with E-state index in [1.165, 1.54) is 0 Å². The van der Waals surface area contributed by atoms with Crippen LogP contribution in [-0.2, 0) is 11.2 Å². The number of anilines is 2. The minimum Gasteiger partial charge on any atom is -0.481 e. The number of hydrogen-bond donors (Lipinski definition) is 1. The quantitative estimate of drug-likeness (QED) is 0.894. The second-order valence-electron chi connectivity index (χ2n) is 5.16. The molecule has 2 aromatic heterocycles. The summed E-state index contributed by atoms with van der Waals surface area (Å²) in [6, 6.07) is 5.57. The predicted octanol–water partition coefficient (Wildman–Crippen LogP) is 1.41. The third kappa shape index (κ3) is 3.36. The van der Waals surface area contributed by atoms with Gasteiger partial charge in [-0.05, 0) is 12.1 Å². The van der Waals surface area contributed by atoms with E-state index in [2.05, 4.69) is 19.8 Å². The number of nitrogens with zero attached hydrogens (tertiary/aromatic N) is 4. The molecule has 1 aliphatic rings. The highest BCUT2D eigenvalue weighted by molar-refractivity contribution is 5.66. The highest BCUT2D eigenvalue weighted by atomic mass is 16.4. The first kappa shape index (κ1) is 14.4. The Balaban J connectivity index is 1.56. The lowest BCUT2D eigenvalue weighted by Gasteiger charge is -2.34. The van der Waals surface area contributed by atoms with Crippen molar-refractivity contribution in [1.29, 1.82) is 0 Å². The van der Waals surface area contributed by atoms with E-state index in [1.54, 1.807) is 18.5 Å². The molecule has 0 saturated carbocycles. The lowest BCUT2D eigenvalue weighted by Crippen LogP contribution is -2.47. The van der Waals surface area contributed by atoms with Crippen LogP contribution < -0.4 is 9.80 Å². The Kier molecular flexibility index (Phi) is 4.22. The molecule has 0 aromatic carbocycles. The summed E-state index contributed by atoms with van der Waals surface area (Å²) >= 11 is 0. The Morgan fingerprint density at radius 3 is 2.50 bits per heavy atom. The maximum atomic E-state index is 10.6. The first-order valence-electron chi connectivity index (χ1n) is 7.30. The summed E-state index contributed by atoms with van der Waals surface area (Å²) < 4.78 is 5.73. The van der Waals surface area contributed by atoms with Crippen molar-refractivity contribution in [2.75, 3.05) is 36.0 Å². The Hall–Kier alpha value is -2.57. The number of rotatable bonds is 5. The monoisotopic (exact) mass is 302 g/mol. The Morgan fingerprint density at radius 1 is 1.14 bits per heavy atom. The molecule has 7 heteroatoms. The number of carboxylic acids is 1. The maximum Gasteiger partial charge on any atom is 0.303 e. The lowest BCUT2D eigenvalue weighted by molar-refractivity contribution is -0.137. The number of aromatic nitrogens is 2. The zero-order chi connectivity index (χ0) is 15.4. The second-order valence-corrected chi connectivity index (χ2v) is 5.16. The summed E-state index contributed by atoms with van der Waals surface area (Å²) in [6.07, 6.45) is 4.01. The average molecular weight is 302 g/mol. The van der Waals surface area contributed by atoms with E-state index in [-0.39, 0.29) is 6.42 Å². The molecule has 3 rings (SSSR count). The van der Waals surface area contributed by atoms with Gasteiger partial charge in [0.1, 0.15) is 5.76 Å². The van der Waals surface area contributed by atoms with Gasteiger partial charge >= 0.3 is 5.97 Å². The standard InChI is InChI=1S/C15H18N4O3/c20-14(21)5-3-12-2-4-13(22-12)18-8-10-19(11-9-18)15-16-6-1-7-17-15/h1-2,4,6-7H,3,5,8-11H2,(H,20,21). The molecular formula is C15H18N4O3. The lowest BCUT2D eigenvalue weighted by atomic mass is 10.2. The average Bonchev–Trinajstić information content (AvgIpc) is 3.03. The van der Waals surface area contributed by atoms with Gasteiger partial charge in [-0.3, -0.25) is 4.79 Å². The number of carboxylic acid groups (broad SMARTS) is 1. The van der Waals surface area contributed by atoms with Crippen molar-refractivity contribution in [3.63, 3.8) is 0 Å². The van der Waals surface area contributed by atoms with Gasteiger partial charge in [0.05, 0.1) is 6.42 Å². The molecule has 7 nitrogen and oxygen atoms in total. The number of aryl methyl sites for hydroxylation is 1. The largest absolute Gasteiger partial charge is 0.481 e. The first-order chi connectivity index (χ1) is 10.7. The van der Waals surface area contributed by atoms with E-state index in [9.17, 15) is 4.79 Å². The van der Waals surface area contributed by atoms with Crippen LogP contribution in [0.25, 0.3) is 0 Å². The summed E-state index contributed by atoms with van der Waals surface area (Å²) in [6.45, 7) is 3.30. The van der Waals surface area contributed by atoms with Gasteiger partial charge < -0.3 is 19.3 Å². The molecule has 22 heavy (non-hydrogen) atoms. The molecule has 1 fully saturated rings. The molecule has 0 bridgehead atoms. The van der Waals surface area contributed by atoms with Crippen LogP contribution in [0.5, 0.6) is 0 Å². The molecule has 116 valence electrons. The van der Waals surface area contributed by atoms with Crippen LogP contribution in [0.15, 0.2) is 35.0 Å². The van der Waals surface area contributed by atoms with Crippen LogP contribution >= 0.6 is 0 Å². The van der Waals surface area contributed by atoms with Crippen molar-refractivity contribution in [3.05, 3.63) is 36.4 Å². The molecular weight excluding hydrogens is 284 g/mol. The minimum atomic E-state index is -0.811. The molecule has 0 unspecified atom stereocenters. The summed E-state index contributed by atoms with van der Waals surface area (Å²) in [5.41, 5.74) is 0. The summed E-state index contributed by atoms with van der Waals surface area (Å²) in [4.78, 5) is 23.4. The van der Waals surface area contributed by atoms with Crippen LogP contribution in [0.3, 0.4) is 0 Å². The molecule has 0 atom stereocenters. The Bertz CT molecular complexity index is 621. The molecule has 1 saturated heterocycles. The molecule has 0 radical (unpaired) electrons. The highest BCUT2D eigenvalue weighted by Gasteiger charge is 2.21. The molecule has 0 amide bonds. The van der Waals surface area contributed by atoms with Crippen LogP contribution in [0.1, 0.15) is 12.2 Å². The molecule has 3 heterocycles. The van der Waals surface area contributed by atoms with Gasteiger partial charge in [-0.1, -0.05) is 0 Å². The van der Waals surface area contributed by atoms with E-state index in [4.69, 9.17) is 9.52 Å². The zero-order valence-electron chi connectivity index (χ0n) is 12.2. The molecule has 1 aliphatic heterocycles. The van der Waals surface area contributed by atoms with Crippen LogP contribution in [0.4, 0.5) is 11.8 Å². The maximum absolute atomic E-state index is 10.6. The Labute approximate surface area is 128 Å². The fourth-order valence-electron chi connectivity index (χ4n) is 2.48. The third-order valence-electron chi connectivity index (χ3n) is 3.66. The van der Waals surface area contributed by atoms with Gasteiger partial charge in [-0.25, -0.2) is 9.97 Å². The SMILES string of the molecule is O=C(O)CCc1ccc(N2CCN(c3ncccn3)CC2)o1. The minimum absolute atomic E-state index is 0.0894. The summed E-state index contributed by atoms with van der Waals surface area (Å²) in [5, 5.41) is 8.70. The van der Waals surface area contributed by atoms with E-state index in [0.29, 0.717) is 12.2 Å². The fourth-order valence-corrected chi connectivity index (χ4v) is 2.48. The number of furan rings is 1. The van der Waals surface area contributed by atoms with Gasteiger partial charge in [0.2, 0.25) is 5.95 Å². The molecule has 2 aromatic rings. The van der Waals surface area contributed by atoms with E-state index in [0.717, 1.165) is 38.0 Å². The first-order valence-corrected chi connectivity index (χ1v) is 7.30. The van der Waals surface area contributed by atoms with Crippen LogP contribution in [0, 0.1) is 0 Å². The van der Waals surface area contributed by atoms with Crippen molar-refractivity contribution in [2.24, 2.45) is 0 Å². The number of carbonyl (C=O) groups is 1. The summed E-state index contributed by atoms with van der Waals surface area (Å²) in [5.74, 6) is 1.46. The molecule has 1 N–H and O–H groups in total. The normalized spacial score (nSPS) is 15.1. The highest BCUT2D eigenvalue weighted by Crippen LogP contribution is 2.22. The molecule has 0 aliphatic carbocycles. The number of aliphatic carboxylic acids is 1. The topological polar surface area (TPSA) is 82.7 Å². The second kappa shape index (κ2) is 6.46. The van der Waals surface area contributed by atoms with Gasteiger partial charge in [-0.2, -0.15) is 0 Å². The van der Waals surface area contributed by atoms with Crippen molar-refractivity contribution in [3.8, 4) is 0 Å². The molecule has 0 spiro atoms. The smallest absolute Gasteiger partial charge is 0.303 e. The van der Waals surface area contributed by atoms with Crippen LogP contribution in [-0.4, -0.2) is 47.2 Å². The fraction of sp³-hybridized carbons (Fsp3) is 0.400. The van der Waals surface area contributed by atoms with Crippen molar-refractivity contribution in [2.45, 2.75) is 12.8 Å². The van der Waals surface area contributed by atoms with Gasteiger partial charge in [0.25, 0.3) is 0 Å². The van der Waals surface area contributed by atoms with E-state index >= 15 is 0 Å². The van der Waals surface area contributed by atoms with E-state index in [1.807, 2.05) is 12.1 Å². The van der Waals surface area contributed by atoms with Crippen molar-refractivity contribution >= 4 is 17.8 Å². The Morgan fingerprint density at radius 2 is 1.82 bits per heavy atom. The predicted molar refractivity (Wildman–Crippen MR) is 81.1 cm³/mol. The zero-order valence-corrected chi connectivity index (χ0v) is 12.2. The summed E-state index contributed by atoms with van der Waals surface area (Å²) in [7, 11) is 0. The van der Waals surface area contributed by atoms with Gasteiger partial charge in [0.15, 0.2) is 5.88 Å². The van der Waals surface area contributed by atoms with Gasteiger partial charge in [0, 0.05) is 51.1 Å². The van der Waals surface area contributed by atoms with Crippen molar-refractivity contribution < 1.29 is 14.3 Å². The number of hydrogen-bond acceptors (Lipinski definition) is 6. The van der Waals surface area contributed by atoms with Crippen LogP contribution in [0.2, 0.25) is 0 Å². The van der Waals surface area contributed by atoms with E-state index < -0.39 is 5.97 Å². The van der Waals surface area contributed by atoms with Crippen molar-refractivity contribution in [1.82, 2.24) is 9.97 Å². The third-order valence-corrected chi connectivity index (χ3v) is 3.66. The number of piperazine rings is 1. The van der Waals surface area contributed by atoms with Gasteiger partial charge in [-0.15, -0.1) is 0 Å².